The fourth-order valence-electron chi connectivity index (χ4n) is 3.39. The topological polar surface area (TPSA) is 71.0 Å². The molecule has 0 bridgehead atoms. The van der Waals surface area contributed by atoms with Crippen LogP contribution in [0.3, 0.4) is 0 Å². The quantitative estimate of drug-likeness (QED) is 0.433. The highest BCUT2D eigenvalue weighted by molar-refractivity contribution is 5.06. The highest BCUT2D eigenvalue weighted by atomic mass is 16.3. The number of unbranched alkanes of at least 4 members (excludes halogenated alkanes) is 5. The zero-order valence-corrected chi connectivity index (χ0v) is 15.2. The number of allylic oxidation sites excluding steroid dienone is 2. The van der Waals surface area contributed by atoms with Gasteiger partial charge in [0.05, 0.1) is 13.3 Å². The minimum atomic E-state index is -0.410. The van der Waals surface area contributed by atoms with E-state index in [4.69, 9.17) is 0 Å². The second-order valence-electron chi connectivity index (χ2n) is 6.82. The second-order valence-corrected chi connectivity index (χ2v) is 6.82. The lowest BCUT2D eigenvalue weighted by atomic mass is 10.1. The van der Waals surface area contributed by atoms with E-state index in [2.05, 4.69) is 10.6 Å². The summed E-state index contributed by atoms with van der Waals surface area (Å²) in [6, 6.07) is 0. The molecule has 0 amide bonds. The third-order valence-electron chi connectivity index (χ3n) is 4.82. The molecular formula is C18H34N4O2. The van der Waals surface area contributed by atoms with Gasteiger partial charge in [-0.05, 0) is 39.5 Å². The monoisotopic (exact) mass is 338 g/mol. The van der Waals surface area contributed by atoms with Gasteiger partial charge in [-0.25, -0.2) is 0 Å². The Balaban J connectivity index is 1.47. The summed E-state index contributed by atoms with van der Waals surface area (Å²) in [6.45, 7) is 5.08. The molecule has 0 aliphatic carbocycles. The highest BCUT2D eigenvalue weighted by Crippen LogP contribution is 2.21. The molecule has 2 aliphatic rings. The molecule has 24 heavy (non-hydrogen) atoms. The van der Waals surface area contributed by atoms with Gasteiger partial charge >= 0.3 is 0 Å². The molecule has 6 nitrogen and oxygen atoms in total. The predicted molar refractivity (Wildman–Crippen MR) is 96.1 cm³/mol. The highest BCUT2D eigenvalue weighted by Gasteiger charge is 2.18. The van der Waals surface area contributed by atoms with Gasteiger partial charge in [0.1, 0.15) is 12.5 Å². The zero-order chi connectivity index (χ0) is 17.4. The van der Waals surface area contributed by atoms with Crippen LogP contribution < -0.4 is 10.6 Å². The van der Waals surface area contributed by atoms with Gasteiger partial charge in [-0.15, -0.1) is 0 Å². The fraction of sp³-hybridized carbons (Fsp3) is 0.778. The standard InChI is InChI=1S/C18H34N4O2/c1-15(23)21-13-19-11-17(21)9-7-5-3-4-6-8-10-18-12-20-14-22(18)16(2)24/h11-12,15-16,19-20,23-24H,3-10,13-14H2,1-2H3. The van der Waals surface area contributed by atoms with Gasteiger partial charge in [-0.2, -0.15) is 0 Å². The molecule has 2 heterocycles. The number of aliphatic hydroxyl groups is 2. The van der Waals surface area contributed by atoms with Crippen molar-refractivity contribution < 1.29 is 10.2 Å². The van der Waals surface area contributed by atoms with E-state index in [1.807, 2.05) is 36.0 Å². The molecule has 0 aromatic heterocycles. The average Bonchev–Trinajstić information content (AvgIpc) is 3.18. The maximum absolute atomic E-state index is 9.68. The minimum Gasteiger partial charge on any atom is -0.374 e. The molecule has 2 atom stereocenters. The summed E-state index contributed by atoms with van der Waals surface area (Å²) in [5.41, 5.74) is 2.45. The van der Waals surface area contributed by atoms with Gasteiger partial charge in [0.15, 0.2) is 0 Å². The van der Waals surface area contributed by atoms with E-state index in [0.717, 1.165) is 26.2 Å². The molecule has 0 radical (unpaired) electrons. The van der Waals surface area contributed by atoms with Crippen LogP contribution in [0.4, 0.5) is 0 Å². The van der Waals surface area contributed by atoms with E-state index in [-0.39, 0.29) is 0 Å². The smallest absolute Gasteiger partial charge is 0.125 e. The second kappa shape index (κ2) is 9.79. The third-order valence-corrected chi connectivity index (χ3v) is 4.82. The van der Waals surface area contributed by atoms with Crippen LogP contribution >= 0.6 is 0 Å². The van der Waals surface area contributed by atoms with Crippen LogP contribution in [0.15, 0.2) is 23.8 Å². The number of rotatable bonds is 11. The van der Waals surface area contributed by atoms with Crippen molar-refractivity contribution in [1.82, 2.24) is 20.4 Å². The molecule has 0 saturated heterocycles. The first-order valence-corrected chi connectivity index (χ1v) is 9.34. The van der Waals surface area contributed by atoms with Gasteiger partial charge in [0.25, 0.3) is 0 Å². The molecule has 6 heteroatoms. The lowest BCUT2D eigenvalue weighted by molar-refractivity contribution is 0.0464. The van der Waals surface area contributed by atoms with Gasteiger partial charge in [0, 0.05) is 23.8 Å². The first-order chi connectivity index (χ1) is 11.6. The summed E-state index contributed by atoms with van der Waals surface area (Å²) in [6.07, 6.45) is 12.7. The van der Waals surface area contributed by atoms with Crippen LogP contribution in [0.2, 0.25) is 0 Å². The number of hydrogen-bond donors (Lipinski definition) is 4. The molecule has 0 fully saturated rings. The van der Waals surface area contributed by atoms with E-state index < -0.39 is 12.5 Å². The summed E-state index contributed by atoms with van der Waals surface area (Å²) >= 11 is 0. The van der Waals surface area contributed by atoms with Gasteiger partial charge in [-0.3, -0.25) is 0 Å². The van der Waals surface area contributed by atoms with Crippen LogP contribution in [0.1, 0.15) is 65.2 Å². The molecule has 2 unspecified atom stereocenters. The van der Waals surface area contributed by atoms with Crippen molar-refractivity contribution in [2.24, 2.45) is 0 Å². The third kappa shape index (κ3) is 5.60. The summed E-state index contributed by atoms with van der Waals surface area (Å²) in [5.74, 6) is 0. The number of hydrogen-bond acceptors (Lipinski definition) is 6. The van der Waals surface area contributed by atoms with Crippen LogP contribution in [0.5, 0.6) is 0 Å². The Morgan fingerprint density at radius 1 is 0.792 bits per heavy atom. The van der Waals surface area contributed by atoms with Crippen LogP contribution in [-0.4, -0.2) is 45.8 Å². The van der Waals surface area contributed by atoms with Crippen LogP contribution in [-0.2, 0) is 0 Å². The summed E-state index contributed by atoms with van der Waals surface area (Å²) in [5, 5.41) is 25.7. The molecule has 0 saturated carbocycles. The van der Waals surface area contributed by atoms with Gasteiger partial charge in [-0.1, -0.05) is 25.7 Å². The van der Waals surface area contributed by atoms with E-state index >= 15 is 0 Å². The first kappa shape index (κ1) is 18.9. The Morgan fingerprint density at radius 3 is 1.54 bits per heavy atom. The Bertz CT molecular complexity index is 395. The molecule has 0 aromatic rings. The molecule has 0 spiro atoms. The molecule has 2 rings (SSSR count). The van der Waals surface area contributed by atoms with Gasteiger partial charge in [0.2, 0.25) is 0 Å². The van der Waals surface area contributed by atoms with E-state index in [9.17, 15) is 10.2 Å². The van der Waals surface area contributed by atoms with Crippen LogP contribution in [0, 0.1) is 0 Å². The lowest BCUT2D eigenvalue weighted by Gasteiger charge is -2.24. The molecule has 0 aromatic carbocycles. The summed E-state index contributed by atoms with van der Waals surface area (Å²) < 4.78 is 0. The molecule has 2 aliphatic heterocycles. The average molecular weight is 338 g/mol. The van der Waals surface area contributed by atoms with Crippen molar-refractivity contribution in [2.45, 2.75) is 77.7 Å². The lowest BCUT2D eigenvalue weighted by Crippen LogP contribution is -2.32. The van der Waals surface area contributed by atoms with Crippen molar-refractivity contribution >= 4 is 0 Å². The van der Waals surface area contributed by atoms with E-state index in [1.165, 1.54) is 49.9 Å². The summed E-state index contributed by atoms with van der Waals surface area (Å²) in [4.78, 5) is 4.02. The van der Waals surface area contributed by atoms with Crippen LogP contribution in [0.25, 0.3) is 0 Å². The Morgan fingerprint density at radius 2 is 1.17 bits per heavy atom. The Labute approximate surface area is 146 Å². The van der Waals surface area contributed by atoms with E-state index in [0.29, 0.717) is 0 Å². The van der Waals surface area contributed by atoms with Gasteiger partial charge < -0.3 is 30.6 Å². The van der Waals surface area contributed by atoms with Crippen molar-refractivity contribution in [3.05, 3.63) is 23.8 Å². The van der Waals surface area contributed by atoms with Crippen molar-refractivity contribution in [2.75, 3.05) is 13.3 Å². The zero-order valence-electron chi connectivity index (χ0n) is 15.2. The van der Waals surface area contributed by atoms with Crippen molar-refractivity contribution in [1.29, 1.82) is 0 Å². The maximum atomic E-state index is 9.68. The number of nitrogens with one attached hydrogen (secondary N) is 2. The maximum Gasteiger partial charge on any atom is 0.125 e. The number of aliphatic hydroxyl groups excluding tert-OH is 2. The normalized spacial score (nSPS) is 19.7. The van der Waals surface area contributed by atoms with E-state index in [1.54, 1.807) is 0 Å². The molecular weight excluding hydrogens is 304 g/mol. The molecule has 4 N–H and O–H groups in total. The Kier molecular flexibility index (Phi) is 7.72. The first-order valence-electron chi connectivity index (χ1n) is 9.34. The number of nitrogens with zero attached hydrogens (tertiary/aromatic N) is 2. The predicted octanol–water partition coefficient (Wildman–Crippen LogP) is 2.19. The summed E-state index contributed by atoms with van der Waals surface area (Å²) in [7, 11) is 0. The largest absolute Gasteiger partial charge is 0.374 e. The fourth-order valence-corrected chi connectivity index (χ4v) is 3.39. The minimum absolute atomic E-state index is 0.410. The Hall–Kier alpha value is -1.40. The SMILES string of the molecule is CC(O)N1CNC=C1CCCCCCCCC1=CNCN1C(C)O. The van der Waals surface area contributed by atoms with Crippen molar-refractivity contribution in [3.8, 4) is 0 Å². The van der Waals surface area contributed by atoms with Crippen molar-refractivity contribution in [3.63, 3.8) is 0 Å². The molecule has 138 valence electrons.